The van der Waals surface area contributed by atoms with Crippen molar-refractivity contribution in [2.75, 3.05) is 18.0 Å². The fraction of sp³-hybridized carbons (Fsp3) is 0.316. The van der Waals surface area contributed by atoms with Crippen molar-refractivity contribution < 1.29 is 4.79 Å². The lowest BCUT2D eigenvalue weighted by atomic mass is 10.1. The highest BCUT2D eigenvalue weighted by molar-refractivity contribution is 7.13. The number of carbonyl (C=O) groups excluding carboxylic acids is 1. The molecule has 0 saturated carbocycles. The van der Waals surface area contributed by atoms with E-state index in [1.807, 2.05) is 35.8 Å². The number of hydrogen-bond acceptors (Lipinski definition) is 5. The molecule has 1 amide bonds. The second kappa shape index (κ2) is 7.70. The number of nitrogens with zero attached hydrogens (tertiary/aromatic N) is 3. The van der Waals surface area contributed by atoms with E-state index in [-0.39, 0.29) is 5.91 Å². The van der Waals surface area contributed by atoms with Gasteiger partial charge in [-0.3, -0.25) is 9.89 Å². The predicted molar refractivity (Wildman–Crippen MR) is 103 cm³/mol. The van der Waals surface area contributed by atoms with Crippen molar-refractivity contribution in [3.8, 4) is 10.6 Å². The molecule has 4 rings (SSSR count). The average molecular weight is 367 g/mol. The van der Waals surface area contributed by atoms with Crippen molar-refractivity contribution in [2.45, 2.75) is 25.8 Å². The maximum Gasteiger partial charge on any atom is 0.272 e. The standard InChI is InChI=1S/C19H21N5OS/c25-19(16-11-15(22-23-16)17-5-4-10-26-17)21-13-14-6-7-18(20-12-14)24-8-2-1-3-9-24/h4-7,10-12H,1-3,8-9,13H2,(H,21,25)(H,22,23). The zero-order valence-electron chi connectivity index (χ0n) is 14.4. The molecule has 6 nitrogen and oxygen atoms in total. The Morgan fingerprint density at radius 2 is 2.12 bits per heavy atom. The van der Waals surface area contributed by atoms with Gasteiger partial charge in [-0.1, -0.05) is 12.1 Å². The van der Waals surface area contributed by atoms with Crippen molar-refractivity contribution >= 4 is 23.1 Å². The molecule has 0 spiro atoms. The second-order valence-corrected chi connectivity index (χ2v) is 7.35. The van der Waals surface area contributed by atoms with Crippen molar-refractivity contribution in [2.24, 2.45) is 0 Å². The maximum atomic E-state index is 12.3. The zero-order valence-corrected chi connectivity index (χ0v) is 15.3. The molecule has 7 heteroatoms. The van der Waals surface area contributed by atoms with Crippen LogP contribution in [0.2, 0.25) is 0 Å². The van der Waals surface area contributed by atoms with Crippen LogP contribution in [0, 0.1) is 0 Å². The van der Waals surface area contributed by atoms with Gasteiger partial charge in [0, 0.05) is 25.8 Å². The van der Waals surface area contributed by atoms with Gasteiger partial charge < -0.3 is 10.2 Å². The van der Waals surface area contributed by atoms with E-state index < -0.39 is 0 Å². The molecule has 1 saturated heterocycles. The number of anilines is 1. The number of pyridine rings is 1. The summed E-state index contributed by atoms with van der Waals surface area (Å²) in [5.74, 6) is 0.830. The first-order chi connectivity index (χ1) is 12.8. The fourth-order valence-corrected chi connectivity index (χ4v) is 3.79. The van der Waals surface area contributed by atoms with Crippen molar-refractivity contribution in [3.05, 3.63) is 53.2 Å². The van der Waals surface area contributed by atoms with Crippen LogP contribution in [0.4, 0.5) is 5.82 Å². The minimum absolute atomic E-state index is 0.191. The Balaban J connectivity index is 1.34. The van der Waals surface area contributed by atoms with Crippen LogP contribution in [0.3, 0.4) is 0 Å². The van der Waals surface area contributed by atoms with E-state index in [1.165, 1.54) is 19.3 Å². The topological polar surface area (TPSA) is 73.9 Å². The third-order valence-electron chi connectivity index (χ3n) is 4.54. The van der Waals surface area contributed by atoms with Crippen molar-refractivity contribution in [3.63, 3.8) is 0 Å². The molecular formula is C19H21N5OS. The Kier molecular flexibility index (Phi) is 4.97. The Morgan fingerprint density at radius 3 is 2.85 bits per heavy atom. The van der Waals surface area contributed by atoms with E-state index in [0.29, 0.717) is 12.2 Å². The molecular weight excluding hydrogens is 346 g/mol. The van der Waals surface area contributed by atoms with Gasteiger partial charge in [0.15, 0.2) is 5.69 Å². The van der Waals surface area contributed by atoms with E-state index in [9.17, 15) is 4.79 Å². The molecule has 1 aliphatic rings. The number of piperidine rings is 1. The summed E-state index contributed by atoms with van der Waals surface area (Å²) in [5, 5.41) is 11.9. The number of aromatic nitrogens is 3. The summed E-state index contributed by atoms with van der Waals surface area (Å²) in [6.07, 6.45) is 5.61. The van der Waals surface area contributed by atoms with Gasteiger partial charge in [-0.05, 0) is 48.4 Å². The molecule has 0 bridgehead atoms. The van der Waals surface area contributed by atoms with Gasteiger partial charge in [0.05, 0.1) is 10.6 Å². The van der Waals surface area contributed by atoms with E-state index in [4.69, 9.17) is 0 Å². The summed E-state index contributed by atoms with van der Waals surface area (Å²) < 4.78 is 0. The molecule has 0 unspecified atom stereocenters. The highest BCUT2D eigenvalue weighted by Gasteiger charge is 2.13. The number of thiophene rings is 1. The van der Waals surface area contributed by atoms with Gasteiger partial charge in [-0.25, -0.2) is 4.98 Å². The second-order valence-electron chi connectivity index (χ2n) is 6.40. The molecule has 0 aromatic carbocycles. The van der Waals surface area contributed by atoms with Crippen LogP contribution in [0.1, 0.15) is 35.3 Å². The first-order valence-electron chi connectivity index (χ1n) is 8.87. The Labute approximate surface area is 156 Å². The highest BCUT2D eigenvalue weighted by atomic mass is 32.1. The minimum Gasteiger partial charge on any atom is -0.357 e. The van der Waals surface area contributed by atoms with E-state index >= 15 is 0 Å². The quantitative estimate of drug-likeness (QED) is 0.724. The number of amides is 1. The molecule has 4 heterocycles. The number of carbonyl (C=O) groups is 1. The number of hydrogen-bond donors (Lipinski definition) is 2. The molecule has 0 atom stereocenters. The van der Waals surface area contributed by atoms with Gasteiger partial charge in [0.2, 0.25) is 0 Å². The lowest BCUT2D eigenvalue weighted by Gasteiger charge is -2.27. The SMILES string of the molecule is O=C(NCc1ccc(N2CCCCC2)nc1)c1cc(-c2cccs2)[nH]n1. The van der Waals surface area contributed by atoms with Gasteiger partial charge in [-0.2, -0.15) is 5.10 Å². The minimum atomic E-state index is -0.191. The van der Waals surface area contributed by atoms with E-state index in [2.05, 4.69) is 25.4 Å². The van der Waals surface area contributed by atoms with Crippen LogP contribution in [-0.4, -0.2) is 34.2 Å². The highest BCUT2D eigenvalue weighted by Crippen LogP contribution is 2.23. The maximum absolute atomic E-state index is 12.3. The first kappa shape index (κ1) is 16.8. The Hall–Kier alpha value is -2.67. The lowest BCUT2D eigenvalue weighted by molar-refractivity contribution is 0.0946. The van der Waals surface area contributed by atoms with Crippen LogP contribution in [-0.2, 0) is 6.54 Å². The number of aromatic amines is 1. The molecule has 1 fully saturated rings. The van der Waals surface area contributed by atoms with Crippen molar-refractivity contribution in [1.82, 2.24) is 20.5 Å². The Bertz CT molecular complexity index is 850. The van der Waals surface area contributed by atoms with Gasteiger partial charge in [0.25, 0.3) is 5.91 Å². The summed E-state index contributed by atoms with van der Waals surface area (Å²) in [6, 6.07) is 9.81. The predicted octanol–water partition coefficient (Wildman–Crippen LogP) is 3.45. The fourth-order valence-electron chi connectivity index (χ4n) is 3.10. The molecule has 134 valence electrons. The van der Waals surface area contributed by atoms with Crippen LogP contribution in [0.5, 0.6) is 0 Å². The van der Waals surface area contributed by atoms with Gasteiger partial charge >= 0.3 is 0 Å². The van der Waals surface area contributed by atoms with Crippen LogP contribution < -0.4 is 10.2 Å². The molecule has 1 aliphatic heterocycles. The summed E-state index contributed by atoms with van der Waals surface area (Å²) in [5.41, 5.74) is 2.23. The van der Waals surface area contributed by atoms with E-state index in [1.54, 1.807) is 17.4 Å². The number of rotatable bonds is 5. The van der Waals surface area contributed by atoms with E-state index in [0.717, 1.165) is 35.0 Å². The largest absolute Gasteiger partial charge is 0.357 e. The zero-order chi connectivity index (χ0) is 17.8. The number of H-pyrrole nitrogens is 1. The molecule has 2 N–H and O–H groups in total. The summed E-state index contributed by atoms with van der Waals surface area (Å²) in [4.78, 5) is 20.2. The summed E-state index contributed by atoms with van der Waals surface area (Å²) in [6.45, 7) is 2.59. The van der Waals surface area contributed by atoms with Crippen LogP contribution >= 0.6 is 11.3 Å². The van der Waals surface area contributed by atoms with Gasteiger partial charge in [-0.15, -0.1) is 11.3 Å². The summed E-state index contributed by atoms with van der Waals surface area (Å²) >= 11 is 1.61. The number of nitrogens with one attached hydrogen (secondary N) is 2. The van der Waals surface area contributed by atoms with Crippen LogP contribution in [0.15, 0.2) is 41.9 Å². The lowest BCUT2D eigenvalue weighted by Crippen LogP contribution is -2.30. The average Bonchev–Trinajstić information content (AvgIpc) is 3.39. The molecule has 3 aromatic heterocycles. The molecule has 3 aromatic rings. The third-order valence-corrected chi connectivity index (χ3v) is 5.44. The molecule has 0 radical (unpaired) electrons. The monoisotopic (exact) mass is 367 g/mol. The van der Waals surface area contributed by atoms with Gasteiger partial charge in [0.1, 0.15) is 5.82 Å². The molecule has 0 aliphatic carbocycles. The molecule has 26 heavy (non-hydrogen) atoms. The van der Waals surface area contributed by atoms with Crippen molar-refractivity contribution in [1.29, 1.82) is 0 Å². The summed E-state index contributed by atoms with van der Waals surface area (Å²) in [7, 11) is 0. The smallest absolute Gasteiger partial charge is 0.272 e. The Morgan fingerprint density at radius 1 is 1.23 bits per heavy atom. The first-order valence-corrected chi connectivity index (χ1v) is 9.75. The van der Waals surface area contributed by atoms with Crippen LogP contribution in [0.25, 0.3) is 10.6 Å². The third kappa shape index (κ3) is 3.77. The normalized spacial score (nSPS) is 14.4.